The van der Waals surface area contributed by atoms with Crippen molar-refractivity contribution in [3.63, 3.8) is 0 Å². The zero-order chi connectivity index (χ0) is 15.3. The molecule has 1 fully saturated rings. The highest BCUT2D eigenvalue weighted by molar-refractivity contribution is 8.00. The number of nitrogens with zero attached hydrogens (tertiary/aromatic N) is 1. The van der Waals surface area contributed by atoms with Crippen LogP contribution in [0.1, 0.15) is 42.5 Å². The number of aromatic nitrogens is 1. The second-order valence-corrected chi connectivity index (χ2v) is 7.12. The molecule has 0 saturated heterocycles. The summed E-state index contributed by atoms with van der Waals surface area (Å²) in [5.41, 5.74) is 0.506. The molecule has 0 spiro atoms. The molecule has 0 unspecified atom stereocenters. The van der Waals surface area contributed by atoms with E-state index in [1.54, 1.807) is 19.3 Å². The molecule has 2 N–H and O–H groups in total. The van der Waals surface area contributed by atoms with Crippen LogP contribution < -0.4 is 10.6 Å². The monoisotopic (exact) mass is 327 g/mol. The predicted octanol–water partition coefficient (Wildman–Crippen LogP) is 3.57. The maximum atomic E-state index is 12.3. The summed E-state index contributed by atoms with van der Waals surface area (Å²) in [6, 6.07) is 1.66. The highest BCUT2D eigenvalue weighted by atomic mass is 35.5. The molecule has 4 nitrogen and oxygen atoms in total. The van der Waals surface area contributed by atoms with Gasteiger partial charge >= 0.3 is 0 Å². The van der Waals surface area contributed by atoms with Gasteiger partial charge in [0.15, 0.2) is 0 Å². The Balaban J connectivity index is 1.99. The largest absolute Gasteiger partial charge is 0.372 e. The van der Waals surface area contributed by atoms with E-state index in [-0.39, 0.29) is 10.7 Å². The topological polar surface area (TPSA) is 54.0 Å². The Bertz CT molecular complexity index is 504. The fraction of sp³-hybridized carbons (Fsp3) is 0.600. The lowest BCUT2D eigenvalue weighted by atomic mass is 9.88. The molecule has 1 amide bonds. The molecule has 1 aromatic rings. The molecule has 6 heteroatoms. The summed E-state index contributed by atoms with van der Waals surface area (Å²) in [5, 5.41) is 6.39. The van der Waals surface area contributed by atoms with Gasteiger partial charge in [-0.3, -0.25) is 4.79 Å². The maximum absolute atomic E-state index is 12.3. The number of nitrogens with one attached hydrogen (secondary N) is 2. The molecule has 0 radical (unpaired) electrons. The number of carbonyl (C=O) groups excluding carboxylic acids is 1. The van der Waals surface area contributed by atoms with Gasteiger partial charge in [-0.1, -0.05) is 30.9 Å². The van der Waals surface area contributed by atoms with Crippen LogP contribution in [-0.4, -0.2) is 35.5 Å². The lowest BCUT2D eigenvalue weighted by molar-refractivity contribution is 0.0946. The first-order chi connectivity index (χ1) is 10.1. The van der Waals surface area contributed by atoms with Crippen LogP contribution in [0.4, 0.5) is 5.82 Å². The number of anilines is 1. The first kappa shape index (κ1) is 16.4. The zero-order valence-corrected chi connectivity index (χ0v) is 14.1. The van der Waals surface area contributed by atoms with E-state index >= 15 is 0 Å². The highest BCUT2D eigenvalue weighted by Crippen LogP contribution is 2.38. The predicted molar refractivity (Wildman–Crippen MR) is 90.5 cm³/mol. The van der Waals surface area contributed by atoms with Crippen molar-refractivity contribution in [2.24, 2.45) is 0 Å². The minimum absolute atomic E-state index is 0.106. The number of hydrogen-bond donors (Lipinski definition) is 2. The van der Waals surface area contributed by atoms with Crippen molar-refractivity contribution in [3.8, 4) is 0 Å². The minimum Gasteiger partial charge on any atom is -0.372 e. The van der Waals surface area contributed by atoms with Crippen LogP contribution in [0.25, 0.3) is 0 Å². The Morgan fingerprint density at radius 2 is 2.14 bits per heavy atom. The molecule has 1 saturated carbocycles. The summed E-state index contributed by atoms with van der Waals surface area (Å²) >= 11 is 7.94. The summed E-state index contributed by atoms with van der Waals surface area (Å²) in [6.45, 7) is 0.707. The fourth-order valence-electron chi connectivity index (χ4n) is 2.74. The average molecular weight is 328 g/mol. The van der Waals surface area contributed by atoms with E-state index in [1.165, 1.54) is 32.1 Å². The number of amides is 1. The minimum atomic E-state index is -0.106. The summed E-state index contributed by atoms with van der Waals surface area (Å²) in [6.07, 6.45) is 9.85. The first-order valence-electron chi connectivity index (χ1n) is 7.27. The van der Waals surface area contributed by atoms with Gasteiger partial charge in [-0.2, -0.15) is 11.8 Å². The van der Waals surface area contributed by atoms with Gasteiger partial charge in [0.2, 0.25) is 0 Å². The molecule has 0 aliphatic heterocycles. The fourth-order valence-corrected chi connectivity index (χ4v) is 3.91. The smallest absolute Gasteiger partial charge is 0.252 e. The highest BCUT2D eigenvalue weighted by Gasteiger charge is 2.31. The third-order valence-corrected chi connectivity index (χ3v) is 5.82. The van der Waals surface area contributed by atoms with Crippen LogP contribution >= 0.6 is 23.4 Å². The third-order valence-electron chi connectivity index (χ3n) is 4.11. The van der Waals surface area contributed by atoms with E-state index in [2.05, 4.69) is 21.9 Å². The molecular formula is C15H22ClN3OS. The molecule has 1 aromatic heterocycles. The van der Waals surface area contributed by atoms with Crippen molar-refractivity contribution in [2.45, 2.75) is 36.9 Å². The molecule has 0 aromatic carbocycles. The molecular weight excluding hydrogens is 306 g/mol. The van der Waals surface area contributed by atoms with E-state index in [4.69, 9.17) is 11.6 Å². The van der Waals surface area contributed by atoms with Crippen LogP contribution in [0.5, 0.6) is 0 Å². The zero-order valence-electron chi connectivity index (χ0n) is 12.5. The van der Waals surface area contributed by atoms with Crippen molar-refractivity contribution in [1.82, 2.24) is 10.3 Å². The lowest BCUT2D eigenvalue weighted by Crippen LogP contribution is -2.41. The number of hydrogen-bond acceptors (Lipinski definition) is 4. The Kier molecular flexibility index (Phi) is 5.76. The molecule has 1 heterocycles. The Hall–Kier alpha value is -0.940. The summed E-state index contributed by atoms with van der Waals surface area (Å²) in [5.74, 6) is 0.479. The van der Waals surface area contributed by atoms with Crippen molar-refractivity contribution >= 4 is 35.1 Å². The van der Waals surface area contributed by atoms with Gasteiger partial charge in [0.1, 0.15) is 5.82 Å². The van der Waals surface area contributed by atoms with Crippen LogP contribution in [0, 0.1) is 0 Å². The second-order valence-electron chi connectivity index (χ2n) is 5.43. The van der Waals surface area contributed by atoms with E-state index in [9.17, 15) is 4.79 Å². The molecule has 1 aliphatic rings. The SMILES string of the molecule is CNc1ncc(C(=O)NCC2(SC)CCCCC2)cc1Cl. The number of carbonyl (C=O) groups is 1. The molecule has 21 heavy (non-hydrogen) atoms. The molecule has 0 bridgehead atoms. The first-order valence-corrected chi connectivity index (χ1v) is 8.87. The molecule has 0 atom stereocenters. The number of thioether (sulfide) groups is 1. The van der Waals surface area contributed by atoms with Gasteiger partial charge in [-0.25, -0.2) is 4.98 Å². The van der Waals surface area contributed by atoms with E-state index < -0.39 is 0 Å². The quantitative estimate of drug-likeness (QED) is 0.868. The van der Waals surface area contributed by atoms with Crippen LogP contribution in [0.2, 0.25) is 5.02 Å². The van der Waals surface area contributed by atoms with Crippen molar-refractivity contribution in [3.05, 3.63) is 22.8 Å². The normalized spacial score (nSPS) is 17.3. The van der Waals surface area contributed by atoms with Crippen LogP contribution in [0.15, 0.2) is 12.3 Å². The average Bonchev–Trinajstić information content (AvgIpc) is 2.53. The van der Waals surface area contributed by atoms with Crippen LogP contribution in [-0.2, 0) is 0 Å². The van der Waals surface area contributed by atoms with Crippen molar-refractivity contribution in [2.75, 3.05) is 25.2 Å². The van der Waals surface area contributed by atoms with Gasteiger partial charge in [-0.05, 0) is 25.2 Å². The molecule has 116 valence electrons. The summed E-state index contributed by atoms with van der Waals surface area (Å²) < 4.78 is 0.191. The van der Waals surface area contributed by atoms with E-state index in [0.717, 1.165) is 0 Å². The van der Waals surface area contributed by atoms with Gasteiger partial charge in [-0.15, -0.1) is 0 Å². The Morgan fingerprint density at radius 3 is 2.71 bits per heavy atom. The Morgan fingerprint density at radius 1 is 1.43 bits per heavy atom. The lowest BCUT2D eigenvalue weighted by Gasteiger charge is -2.35. The van der Waals surface area contributed by atoms with E-state index in [1.807, 2.05) is 11.8 Å². The molecule has 1 aliphatic carbocycles. The van der Waals surface area contributed by atoms with Gasteiger partial charge in [0.25, 0.3) is 5.91 Å². The number of halogens is 1. The maximum Gasteiger partial charge on any atom is 0.252 e. The number of pyridine rings is 1. The number of rotatable bonds is 5. The van der Waals surface area contributed by atoms with Gasteiger partial charge in [0.05, 0.1) is 10.6 Å². The van der Waals surface area contributed by atoms with Crippen LogP contribution in [0.3, 0.4) is 0 Å². The third kappa shape index (κ3) is 4.04. The van der Waals surface area contributed by atoms with Gasteiger partial charge in [0, 0.05) is 24.5 Å². The summed E-state index contributed by atoms with van der Waals surface area (Å²) in [4.78, 5) is 16.4. The second kappa shape index (κ2) is 7.36. The standard InChI is InChI=1S/C15H22ClN3OS/c1-17-13-12(16)8-11(9-18-13)14(20)19-10-15(21-2)6-4-3-5-7-15/h8-9H,3-7,10H2,1-2H3,(H,17,18)(H,19,20). The molecule has 2 rings (SSSR count). The summed E-state index contributed by atoms with van der Waals surface area (Å²) in [7, 11) is 1.75. The Labute approximate surface area is 135 Å². The van der Waals surface area contributed by atoms with Gasteiger partial charge < -0.3 is 10.6 Å². The van der Waals surface area contributed by atoms with Crippen molar-refractivity contribution in [1.29, 1.82) is 0 Å². The van der Waals surface area contributed by atoms with Crippen molar-refractivity contribution < 1.29 is 4.79 Å². The van der Waals surface area contributed by atoms with E-state index in [0.29, 0.717) is 22.9 Å².